The van der Waals surface area contributed by atoms with Crippen LogP contribution < -0.4 is 10.5 Å². The number of nitrogens with zero attached hydrogens (tertiary/aromatic N) is 4. The Bertz CT molecular complexity index is 1400. The van der Waals surface area contributed by atoms with Crippen molar-refractivity contribution in [3.8, 4) is 5.69 Å². The zero-order chi connectivity index (χ0) is 23.7. The van der Waals surface area contributed by atoms with E-state index in [0.29, 0.717) is 55.0 Å². The van der Waals surface area contributed by atoms with Crippen molar-refractivity contribution < 1.29 is 9.31 Å². The number of rotatable bonds is 5. The molecule has 0 atom stereocenters. The van der Waals surface area contributed by atoms with Crippen LogP contribution in [0.2, 0.25) is 0 Å². The van der Waals surface area contributed by atoms with Crippen LogP contribution in [0, 0.1) is 15.9 Å². The van der Waals surface area contributed by atoms with E-state index in [4.69, 9.17) is 0 Å². The van der Waals surface area contributed by atoms with Crippen LogP contribution in [0.3, 0.4) is 0 Å². The second-order valence-electron chi connectivity index (χ2n) is 8.34. The van der Waals surface area contributed by atoms with Crippen molar-refractivity contribution >= 4 is 22.3 Å². The summed E-state index contributed by atoms with van der Waals surface area (Å²) in [5.74, 6) is -0.266. The summed E-state index contributed by atoms with van der Waals surface area (Å²) in [5, 5.41) is 12.8. The first kappa shape index (κ1) is 21.8. The lowest BCUT2D eigenvalue weighted by Gasteiger charge is -2.36. The lowest BCUT2D eigenvalue weighted by atomic mass is 10.1. The Labute approximate surface area is 195 Å². The van der Waals surface area contributed by atoms with Crippen LogP contribution in [0.15, 0.2) is 83.7 Å². The van der Waals surface area contributed by atoms with Gasteiger partial charge in [0.1, 0.15) is 11.5 Å². The number of pyridine rings is 1. The third kappa shape index (κ3) is 4.04. The molecule has 2 heterocycles. The molecule has 5 rings (SSSR count). The van der Waals surface area contributed by atoms with Crippen LogP contribution in [0.5, 0.6) is 0 Å². The van der Waals surface area contributed by atoms with Crippen molar-refractivity contribution in [3.63, 3.8) is 0 Å². The Morgan fingerprint density at radius 3 is 2.18 bits per heavy atom. The number of aromatic nitrogens is 1. The van der Waals surface area contributed by atoms with Crippen molar-refractivity contribution in [2.75, 3.05) is 31.1 Å². The van der Waals surface area contributed by atoms with E-state index < -0.39 is 16.2 Å². The van der Waals surface area contributed by atoms with E-state index in [1.807, 2.05) is 35.2 Å². The Hall–Kier alpha value is -4.04. The number of benzene rings is 3. The number of hydrogen-bond acceptors (Lipinski definition) is 5. The minimum atomic E-state index is -0.640. The van der Waals surface area contributed by atoms with Crippen molar-refractivity contribution in [1.82, 2.24) is 9.47 Å². The third-order valence-corrected chi connectivity index (χ3v) is 6.23. The predicted octanol–water partition coefficient (Wildman–Crippen LogP) is 4.36. The summed E-state index contributed by atoms with van der Waals surface area (Å²) in [5.41, 5.74) is 1.56. The molecule has 0 aliphatic carbocycles. The average Bonchev–Trinajstić information content (AvgIpc) is 2.85. The first-order valence-corrected chi connectivity index (χ1v) is 11.1. The molecule has 0 radical (unpaired) electrons. The van der Waals surface area contributed by atoms with E-state index >= 15 is 0 Å². The van der Waals surface area contributed by atoms with Crippen molar-refractivity contribution in [2.24, 2.45) is 0 Å². The van der Waals surface area contributed by atoms with Crippen molar-refractivity contribution in [2.45, 2.75) is 6.54 Å². The van der Waals surface area contributed by atoms with Gasteiger partial charge in [-0.2, -0.15) is 0 Å². The molecule has 3 aromatic carbocycles. The largest absolute Gasteiger partial charge is 0.363 e. The highest BCUT2D eigenvalue weighted by Crippen LogP contribution is 2.35. The number of piperazine rings is 1. The normalized spacial score (nSPS) is 14.4. The molecule has 1 aliphatic rings. The fourth-order valence-corrected chi connectivity index (χ4v) is 4.61. The smallest absolute Gasteiger partial charge is 0.358 e. The molecule has 172 valence electrons. The topological polar surface area (TPSA) is 71.6 Å². The summed E-state index contributed by atoms with van der Waals surface area (Å²) in [7, 11) is 0. The number of para-hydroxylation sites is 2. The predicted molar refractivity (Wildman–Crippen MR) is 130 cm³/mol. The number of anilines is 1. The maximum atomic E-state index is 13.5. The van der Waals surface area contributed by atoms with Gasteiger partial charge < -0.3 is 4.90 Å². The van der Waals surface area contributed by atoms with Gasteiger partial charge in [-0.15, -0.1) is 0 Å². The fourth-order valence-electron chi connectivity index (χ4n) is 4.61. The maximum absolute atomic E-state index is 13.5. The quantitative estimate of drug-likeness (QED) is 0.328. The van der Waals surface area contributed by atoms with Gasteiger partial charge in [0.25, 0.3) is 0 Å². The van der Waals surface area contributed by atoms with E-state index in [-0.39, 0.29) is 5.82 Å². The van der Waals surface area contributed by atoms with Gasteiger partial charge in [0, 0.05) is 43.8 Å². The molecular formula is C26H23FN4O3. The van der Waals surface area contributed by atoms with Gasteiger partial charge in [0.2, 0.25) is 0 Å². The molecule has 1 aromatic heterocycles. The van der Waals surface area contributed by atoms with Crippen LogP contribution in [-0.2, 0) is 6.54 Å². The fraction of sp³-hybridized carbons (Fsp3) is 0.192. The summed E-state index contributed by atoms with van der Waals surface area (Å²) < 4.78 is 14.6. The zero-order valence-electron chi connectivity index (χ0n) is 18.4. The maximum Gasteiger partial charge on any atom is 0.358 e. The Morgan fingerprint density at radius 2 is 1.50 bits per heavy atom. The second kappa shape index (κ2) is 9.07. The Balaban J connectivity index is 1.53. The van der Waals surface area contributed by atoms with E-state index in [9.17, 15) is 19.3 Å². The highest BCUT2D eigenvalue weighted by molar-refractivity contribution is 5.97. The van der Waals surface area contributed by atoms with Gasteiger partial charge in [-0.05, 0) is 35.9 Å². The van der Waals surface area contributed by atoms with E-state index in [2.05, 4.69) is 4.90 Å². The summed E-state index contributed by atoms with van der Waals surface area (Å²) in [6.07, 6.45) is 0. The van der Waals surface area contributed by atoms with Crippen molar-refractivity contribution in [1.29, 1.82) is 0 Å². The van der Waals surface area contributed by atoms with Crippen LogP contribution >= 0.6 is 0 Å². The molecule has 0 unspecified atom stereocenters. The van der Waals surface area contributed by atoms with Crippen LogP contribution in [0.25, 0.3) is 16.6 Å². The van der Waals surface area contributed by atoms with Gasteiger partial charge in [0.05, 0.1) is 10.4 Å². The lowest BCUT2D eigenvalue weighted by molar-refractivity contribution is -0.385. The van der Waals surface area contributed by atoms with Gasteiger partial charge >= 0.3 is 11.2 Å². The lowest BCUT2D eigenvalue weighted by Crippen LogP contribution is -2.46. The standard InChI is InChI=1S/C26H23FN4O3/c27-20-12-10-19(11-13-20)18-28-14-16-29(17-15-28)24-22-8-4-5-9-23(22)30(21-6-2-1-3-7-21)26(32)25(24)31(33)34/h1-13H,14-18H2. The van der Waals surface area contributed by atoms with E-state index in [0.717, 1.165) is 5.56 Å². The van der Waals surface area contributed by atoms with Gasteiger partial charge in [0.15, 0.2) is 0 Å². The molecule has 1 aliphatic heterocycles. The summed E-state index contributed by atoms with van der Waals surface area (Å²) in [6, 6.07) is 22.7. The first-order chi connectivity index (χ1) is 16.5. The monoisotopic (exact) mass is 458 g/mol. The molecule has 0 bridgehead atoms. The van der Waals surface area contributed by atoms with Crippen LogP contribution in [0.1, 0.15) is 5.56 Å². The second-order valence-corrected chi connectivity index (χ2v) is 8.34. The summed E-state index contributed by atoms with van der Waals surface area (Å²) >= 11 is 0. The molecule has 1 saturated heterocycles. The highest BCUT2D eigenvalue weighted by Gasteiger charge is 2.31. The summed E-state index contributed by atoms with van der Waals surface area (Å²) in [4.78, 5) is 29.3. The third-order valence-electron chi connectivity index (χ3n) is 6.23. The number of nitro groups is 1. The van der Waals surface area contributed by atoms with E-state index in [1.165, 1.54) is 16.7 Å². The van der Waals surface area contributed by atoms with Crippen LogP contribution in [0.4, 0.5) is 15.8 Å². The summed E-state index contributed by atoms with van der Waals surface area (Å²) in [6.45, 7) is 3.10. The van der Waals surface area contributed by atoms with E-state index in [1.54, 1.807) is 36.4 Å². The molecule has 0 amide bonds. The molecular weight excluding hydrogens is 435 g/mol. The first-order valence-electron chi connectivity index (χ1n) is 11.1. The number of hydrogen-bond donors (Lipinski definition) is 0. The minimum Gasteiger partial charge on any atom is -0.363 e. The zero-order valence-corrected chi connectivity index (χ0v) is 18.4. The average molecular weight is 458 g/mol. The molecule has 4 aromatic rings. The molecule has 1 fully saturated rings. The van der Waals surface area contributed by atoms with Crippen molar-refractivity contribution in [3.05, 3.63) is 111 Å². The molecule has 0 spiro atoms. The Kier molecular flexibility index (Phi) is 5.81. The van der Waals surface area contributed by atoms with Crippen LogP contribution in [-0.4, -0.2) is 40.6 Å². The molecule has 8 heteroatoms. The SMILES string of the molecule is O=c1c([N+](=O)[O-])c(N2CCN(Cc3ccc(F)cc3)CC2)c2ccccc2n1-c1ccccc1. The minimum absolute atomic E-state index is 0.266. The van der Waals surface area contributed by atoms with Gasteiger partial charge in [-0.3, -0.25) is 24.4 Å². The molecule has 34 heavy (non-hydrogen) atoms. The molecule has 7 nitrogen and oxygen atoms in total. The number of fused-ring (bicyclic) bond motifs is 1. The molecule has 0 N–H and O–H groups in total. The van der Waals surface area contributed by atoms with Gasteiger partial charge in [-0.1, -0.05) is 48.5 Å². The highest BCUT2D eigenvalue weighted by atomic mass is 19.1. The number of halogens is 1. The molecule has 0 saturated carbocycles. The van der Waals surface area contributed by atoms with Gasteiger partial charge in [-0.25, -0.2) is 4.39 Å². The Morgan fingerprint density at radius 1 is 0.853 bits per heavy atom.